The van der Waals surface area contributed by atoms with E-state index in [9.17, 15) is 4.79 Å². The normalized spacial score (nSPS) is 13.6. The third-order valence-corrected chi connectivity index (χ3v) is 5.08. The van der Waals surface area contributed by atoms with Gasteiger partial charge in [-0.1, -0.05) is 0 Å². The summed E-state index contributed by atoms with van der Waals surface area (Å²) in [5, 5.41) is 12.5. The summed E-state index contributed by atoms with van der Waals surface area (Å²) < 4.78 is 12.8. The number of rotatable bonds is 7. The molecular weight excluding hydrogens is 358 g/mol. The van der Waals surface area contributed by atoms with Crippen molar-refractivity contribution in [1.29, 1.82) is 0 Å². The number of aryl methyl sites for hydroxylation is 1. The zero-order valence-electron chi connectivity index (χ0n) is 16.5. The van der Waals surface area contributed by atoms with Crippen LogP contribution in [0.1, 0.15) is 40.6 Å². The Morgan fingerprint density at radius 1 is 1.14 bits per heavy atom. The lowest BCUT2D eigenvalue weighted by Crippen LogP contribution is -2.14. The van der Waals surface area contributed by atoms with Crippen LogP contribution in [0.3, 0.4) is 0 Å². The van der Waals surface area contributed by atoms with E-state index in [1.165, 1.54) is 17.6 Å². The molecule has 0 unspecified atom stereocenters. The Hall–Kier alpha value is -3.16. The van der Waals surface area contributed by atoms with Crippen LogP contribution in [0.25, 0.3) is 11.4 Å². The van der Waals surface area contributed by atoms with Crippen LogP contribution in [-0.2, 0) is 6.54 Å². The van der Waals surface area contributed by atoms with Gasteiger partial charge in [0.2, 0.25) is 5.82 Å². The summed E-state index contributed by atoms with van der Waals surface area (Å²) in [6, 6.07) is 7.90. The van der Waals surface area contributed by atoms with Gasteiger partial charge in [0.15, 0.2) is 17.3 Å². The van der Waals surface area contributed by atoms with Gasteiger partial charge in [0, 0.05) is 28.6 Å². The van der Waals surface area contributed by atoms with Gasteiger partial charge in [-0.25, -0.2) is 0 Å². The Morgan fingerprint density at radius 2 is 1.89 bits per heavy atom. The quantitative estimate of drug-likeness (QED) is 0.585. The predicted molar refractivity (Wildman–Crippen MR) is 103 cm³/mol. The summed E-state index contributed by atoms with van der Waals surface area (Å²) in [7, 11) is 3.15. The van der Waals surface area contributed by atoms with Gasteiger partial charge in [-0.05, 0) is 56.2 Å². The minimum absolute atomic E-state index is 0.0174. The van der Waals surface area contributed by atoms with Crippen molar-refractivity contribution in [3.8, 4) is 22.9 Å². The molecule has 1 fully saturated rings. The number of nitrogens with zero attached hydrogens (tertiary/aromatic N) is 5. The van der Waals surface area contributed by atoms with Crippen molar-refractivity contribution < 1.29 is 14.3 Å². The SMILES string of the molecule is COc1ccc(-c2nnn(CC(=O)c3cc(C)n(C4CC4)c3C)n2)cc1OC. The van der Waals surface area contributed by atoms with E-state index in [-0.39, 0.29) is 12.3 Å². The van der Waals surface area contributed by atoms with E-state index < -0.39 is 0 Å². The van der Waals surface area contributed by atoms with E-state index in [1.807, 2.05) is 26.0 Å². The first-order valence-corrected chi connectivity index (χ1v) is 9.23. The lowest BCUT2D eigenvalue weighted by Gasteiger charge is -2.07. The number of Topliss-reactive ketones (excluding diaryl/α,β-unsaturated/α-hetero) is 1. The number of hydrogen-bond donors (Lipinski definition) is 0. The van der Waals surface area contributed by atoms with Gasteiger partial charge in [0.25, 0.3) is 0 Å². The summed E-state index contributed by atoms with van der Waals surface area (Å²) >= 11 is 0. The summed E-state index contributed by atoms with van der Waals surface area (Å²) in [6.45, 7) is 4.10. The first kappa shape index (κ1) is 18.2. The van der Waals surface area contributed by atoms with Crippen LogP contribution < -0.4 is 9.47 Å². The Morgan fingerprint density at radius 3 is 2.57 bits per heavy atom. The molecule has 8 nitrogen and oxygen atoms in total. The van der Waals surface area contributed by atoms with Crippen LogP contribution >= 0.6 is 0 Å². The molecule has 28 heavy (non-hydrogen) atoms. The topological polar surface area (TPSA) is 84.1 Å². The molecule has 1 saturated carbocycles. The first-order valence-electron chi connectivity index (χ1n) is 9.23. The zero-order chi connectivity index (χ0) is 19.8. The maximum absolute atomic E-state index is 12.8. The van der Waals surface area contributed by atoms with Gasteiger partial charge in [-0.15, -0.1) is 10.2 Å². The largest absolute Gasteiger partial charge is 0.493 e. The molecule has 1 aromatic carbocycles. The molecule has 0 N–H and O–H groups in total. The van der Waals surface area contributed by atoms with Crippen molar-refractivity contribution in [2.75, 3.05) is 14.2 Å². The van der Waals surface area contributed by atoms with Crippen molar-refractivity contribution in [2.24, 2.45) is 0 Å². The maximum Gasteiger partial charge on any atom is 0.205 e. The van der Waals surface area contributed by atoms with Crippen LogP contribution in [0.5, 0.6) is 11.5 Å². The molecule has 2 heterocycles. The Bertz CT molecular complexity index is 1030. The fraction of sp³-hybridized carbons (Fsp3) is 0.400. The van der Waals surface area contributed by atoms with E-state index in [0.717, 1.165) is 22.5 Å². The first-order chi connectivity index (χ1) is 13.5. The molecule has 0 amide bonds. The highest BCUT2D eigenvalue weighted by atomic mass is 16.5. The zero-order valence-corrected chi connectivity index (χ0v) is 16.5. The maximum atomic E-state index is 12.8. The molecule has 0 bridgehead atoms. The number of benzene rings is 1. The van der Waals surface area contributed by atoms with E-state index in [2.05, 4.69) is 20.0 Å². The van der Waals surface area contributed by atoms with Crippen LogP contribution in [0, 0.1) is 13.8 Å². The lowest BCUT2D eigenvalue weighted by atomic mass is 10.1. The summed E-state index contributed by atoms with van der Waals surface area (Å²) in [5.74, 6) is 1.62. The third-order valence-electron chi connectivity index (χ3n) is 5.08. The van der Waals surface area contributed by atoms with Gasteiger partial charge in [-0.2, -0.15) is 4.80 Å². The molecule has 3 aromatic rings. The average Bonchev–Trinajstić information content (AvgIpc) is 3.34. The van der Waals surface area contributed by atoms with Crippen LogP contribution in [-0.4, -0.2) is 44.8 Å². The summed E-state index contributed by atoms with van der Waals surface area (Å²) in [6.07, 6.45) is 2.37. The fourth-order valence-electron chi connectivity index (χ4n) is 3.57. The molecule has 0 spiro atoms. The third kappa shape index (κ3) is 3.26. The van der Waals surface area contributed by atoms with Crippen LogP contribution in [0.4, 0.5) is 0 Å². The second kappa shape index (κ2) is 7.10. The minimum atomic E-state index is -0.0174. The van der Waals surface area contributed by atoms with Crippen LogP contribution in [0.15, 0.2) is 24.3 Å². The van der Waals surface area contributed by atoms with Gasteiger partial charge < -0.3 is 14.0 Å². The van der Waals surface area contributed by atoms with Crippen molar-refractivity contribution in [1.82, 2.24) is 24.8 Å². The highest BCUT2D eigenvalue weighted by molar-refractivity contribution is 5.97. The average molecular weight is 381 g/mol. The number of methoxy groups -OCH3 is 2. The van der Waals surface area contributed by atoms with E-state index in [1.54, 1.807) is 26.4 Å². The highest BCUT2D eigenvalue weighted by Gasteiger charge is 2.28. The number of ether oxygens (including phenoxy) is 2. The fourth-order valence-corrected chi connectivity index (χ4v) is 3.57. The summed E-state index contributed by atoms with van der Waals surface area (Å²) in [5.41, 5.74) is 3.61. The number of ketones is 1. The molecule has 0 radical (unpaired) electrons. The summed E-state index contributed by atoms with van der Waals surface area (Å²) in [4.78, 5) is 14.1. The Labute approximate surface area is 163 Å². The number of aromatic nitrogens is 5. The molecular formula is C20H23N5O3. The molecule has 1 aliphatic carbocycles. The number of carbonyl (C=O) groups excluding carboxylic acids is 1. The van der Waals surface area contributed by atoms with Gasteiger partial charge >= 0.3 is 0 Å². The van der Waals surface area contributed by atoms with Crippen molar-refractivity contribution in [3.63, 3.8) is 0 Å². The predicted octanol–water partition coefficient (Wildman–Crippen LogP) is 2.99. The standard InChI is InChI=1S/C20H23N5O3/c1-12-9-16(13(2)25(12)15-6-7-15)17(26)11-24-22-20(21-23-24)14-5-8-18(27-3)19(10-14)28-4/h5,8-10,15H,6-7,11H2,1-4H3. The van der Waals surface area contributed by atoms with E-state index >= 15 is 0 Å². The van der Waals surface area contributed by atoms with Crippen LogP contribution in [0.2, 0.25) is 0 Å². The lowest BCUT2D eigenvalue weighted by molar-refractivity contribution is 0.0960. The molecule has 1 aliphatic rings. The molecule has 0 saturated heterocycles. The van der Waals surface area contributed by atoms with Gasteiger partial charge in [-0.3, -0.25) is 4.79 Å². The highest BCUT2D eigenvalue weighted by Crippen LogP contribution is 2.38. The van der Waals surface area contributed by atoms with E-state index in [4.69, 9.17) is 9.47 Å². The molecule has 0 aliphatic heterocycles. The second-order valence-corrected chi connectivity index (χ2v) is 7.02. The molecule has 146 valence electrons. The number of tetrazole rings is 1. The monoisotopic (exact) mass is 381 g/mol. The molecule has 0 atom stereocenters. The van der Waals surface area contributed by atoms with Crippen molar-refractivity contribution in [2.45, 2.75) is 39.3 Å². The number of carbonyl (C=O) groups is 1. The van der Waals surface area contributed by atoms with E-state index in [0.29, 0.717) is 23.4 Å². The smallest absolute Gasteiger partial charge is 0.205 e. The van der Waals surface area contributed by atoms with Crippen molar-refractivity contribution in [3.05, 3.63) is 41.2 Å². The second-order valence-electron chi connectivity index (χ2n) is 7.02. The Kier molecular flexibility index (Phi) is 4.62. The number of hydrogen-bond acceptors (Lipinski definition) is 6. The molecule has 4 rings (SSSR count). The van der Waals surface area contributed by atoms with Gasteiger partial charge in [0.05, 0.1) is 14.2 Å². The van der Waals surface area contributed by atoms with Gasteiger partial charge in [0.1, 0.15) is 6.54 Å². The minimum Gasteiger partial charge on any atom is -0.493 e. The van der Waals surface area contributed by atoms with Crippen molar-refractivity contribution >= 4 is 5.78 Å². The molecule has 8 heteroatoms. The Balaban J connectivity index is 1.54. The molecule has 2 aromatic heterocycles.